The SMILES string of the molecule is Cc1nn(-c2ccccc2)c2c1C(=O)[C@@]1(C)C(=C2)Oc2c(-c3ccc4c(=O)[nH]c(=O)[nH]c4n3)c(O)c(C)c(O)c21. The van der Waals surface area contributed by atoms with E-state index < -0.39 is 16.7 Å². The molecule has 5 aromatic rings. The Hall–Kier alpha value is -5.45. The summed E-state index contributed by atoms with van der Waals surface area (Å²) in [6, 6.07) is 12.3. The van der Waals surface area contributed by atoms with Gasteiger partial charge in [-0.3, -0.25) is 19.6 Å². The first-order chi connectivity index (χ1) is 19.1. The molecule has 7 rings (SSSR count). The minimum Gasteiger partial charge on any atom is -0.507 e. The van der Waals surface area contributed by atoms with Gasteiger partial charge in [-0.25, -0.2) is 14.5 Å². The van der Waals surface area contributed by atoms with Gasteiger partial charge in [0.1, 0.15) is 34.1 Å². The Bertz CT molecular complexity index is 2100. The zero-order chi connectivity index (χ0) is 28.1. The van der Waals surface area contributed by atoms with Crippen LogP contribution in [0.5, 0.6) is 17.2 Å². The van der Waals surface area contributed by atoms with Crippen molar-refractivity contribution in [2.45, 2.75) is 26.2 Å². The van der Waals surface area contributed by atoms with Crippen molar-refractivity contribution in [3.8, 4) is 34.2 Å². The van der Waals surface area contributed by atoms with Crippen LogP contribution in [0.3, 0.4) is 0 Å². The van der Waals surface area contributed by atoms with E-state index in [0.29, 0.717) is 17.0 Å². The minimum atomic E-state index is -1.42. The molecule has 2 aromatic carbocycles. The molecule has 11 nitrogen and oxygen atoms in total. The molecule has 198 valence electrons. The van der Waals surface area contributed by atoms with Gasteiger partial charge in [0.2, 0.25) is 0 Å². The van der Waals surface area contributed by atoms with Crippen molar-refractivity contribution in [3.63, 3.8) is 0 Å². The number of benzene rings is 2. The summed E-state index contributed by atoms with van der Waals surface area (Å²) in [5.41, 5.74) is 0.0641. The predicted molar refractivity (Wildman–Crippen MR) is 145 cm³/mol. The van der Waals surface area contributed by atoms with Crippen molar-refractivity contribution in [2.75, 3.05) is 0 Å². The fraction of sp³-hybridized carbons (Fsp3) is 0.138. The monoisotopic (exact) mass is 535 g/mol. The number of pyridine rings is 1. The number of nitrogens with zero attached hydrogens (tertiary/aromatic N) is 3. The van der Waals surface area contributed by atoms with Gasteiger partial charge in [-0.1, -0.05) is 18.2 Å². The standard InChI is InChI=1S/C29H21N5O6/c1-12-22(35)20(16-10-9-15-26(30-16)31-28(39)32-27(15)38)24-21(23(12)36)29(3)18(40-24)11-17-19(25(29)37)13(2)33-34(17)14-7-5-4-6-8-14/h4-11,35-36H,1-3H3,(H2,30,31,32,38,39)/t29-/m0/s1. The second-order valence-electron chi connectivity index (χ2n) is 10.1. The maximum absolute atomic E-state index is 14.3. The van der Waals surface area contributed by atoms with E-state index in [1.807, 2.05) is 30.3 Å². The number of allylic oxidation sites excluding steroid dienone is 1. The van der Waals surface area contributed by atoms with E-state index in [1.165, 1.54) is 19.1 Å². The molecule has 0 fully saturated rings. The number of para-hydroxylation sites is 1. The molecule has 4 heterocycles. The fourth-order valence-corrected chi connectivity index (χ4v) is 5.65. The lowest BCUT2D eigenvalue weighted by molar-refractivity contribution is 0.0905. The van der Waals surface area contributed by atoms with Crippen molar-refractivity contribution in [3.05, 3.63) is 97.1 Å². The van der Waals surface area contributed by atoms with Gasteiger partial charge in [-0.05, 0) is 45.0 Å². The normalized spacial score (nSPS) is 17.3. The maximum atomic E-state index is 14.3. The first-order valence-corrected chi connectivity index (χ1v) is 12.4. The highest BCUT2D eigenvalue weighted by Gasteiger charge is 2.55. The van der Waals surface area contributed by atoms with Gasteiger partial charge < -0.3 is 14.9 Å². The summed E-state index contributed by atoms with van der Waals surface area (Å²) in [5.74, 6) is -0.590. The zero-order valence-electron chi connectivity index (χ0n) is 21.5. The third-order valence-corrected chi connectivity index (χ3v) is 7.74. The molecule has 3 aromatic heterocycles. The van der Waals surface area contributed by atoms with E-state index in [9.17, 15) is 24.6 Å². The number of Topliss-reactive ketones (excluding diaryl/α,β-unsaturated/α-hetero) is 1. The number of H-pyrrole nitrogens is 2. The van der Waals surface area contributed by atoms with Crippen molar-refractivity contribution in [1.29, 1.82) is 0 Å². The van der Waals surface area contributed by atoms with Crippen molar-refractivity contribution in [2.24, 2.45) is 0 Å². The van der Waals surface area contributed by atoms with Crippen LogP contribution in [0.1, 0.15) is 39.8 Å². The highest BCUT2D eigenvalue weighted by molar-refractivity contribution is 6.14. The van der Waals surface area contributed by atoms with Crippen LogP contribution in [0, 0.1) is 13.8 Å². The number of carbonyl (C=O) groups excluding carboxylic acids is 1. The van der Waals surface area contributed by atoms with E-state index >= 15 is 0 Å². The maximum Gasteiger partial charge on any atom is 0.327 e. The number of aromatic nitrogens is 5. The largest absolute Gasteiger partial charge is 0.507 e. The highest BCUT2D eigenvalue weighted by Crippen LogP contribution is 2.60. The van der Waals surface area contributed by atoms with E-state index in [4.69, 9.17) is 4.74 Å². The van der Waals surface area contributed by atoms with E-state index in [-0.39, 0.29) is 62.2 Å². The van der Waals surface area contributed by atoms with Crippen LogP contribution >= 0.6 is 0 Å². The van der Waals surface area contributed by atoms with Gasteiger partial charge in [0.25, 0.3) is 5.56 Å². The van der Waals surface area contributed by atoms with Crippen molar-refractivity contribution < 1.29 is 19.7 Å². The van der Waals surface area contributed by atoms with Gasteiger partial charge in [-0.15, -0.1) is 0 Å². The van der Waals surface area contributed by atoms with Crippen molar-refractivity contribution in [1.82, 2.24) is 24.7 Å². The Kier molecular flexibility index (Phi) is 4.61. The molecule has 1 aliphatic heterocycles. The van der Waals surface area contributed by atoms with Crippen LogP contribution in [-0.4, -0.2) is 40.7 Å². The van der Waals surface area contributed by atoms with Crippen LogP contribution < -0.4 is 16.0 Å². The van der Waals surface area contributed by atoms with E-state index in [0.717, 1.165) is 5.69 Å². The summed E-state index contributed by atoms with van der Waals surface area (Å²) in [5, 5.41) is 27.2. The molecule has 0 saturated carbocycles. The lowest BCUT2D eigenvalue weighted by atomic mass is 9.71. The average Bonchev–Trinajstić information content (AvgIpc) is 3.42. The topological polar surface area (TPSA) is 163 Å². The number of aryl methyl sites for hydroxylation is 1. The number of phenolic OH excluding ortho intramolecular Hbond substituents is 2. The Morgan fingerprint density at radius 3 is 2.45 bits per heavy atom. The summed E-state index contributed by atoms with van der Waals surface area (Å²) >= 11 is 0. The molecule has 11 heteroatoms. The van der Waals surface area contributed by atoms with Gasteiger partial charge in [0, 0.05) is 11.6 Å². The molecule has 1 aliphatic carbocycles. The molecular formula is C29H21N5O6. The number of carbonyl (C=O) groups is 1. The first-order valence-electron chi connectivity index (χ1n) is 12.4. The van der Waals surface area contributed by atoms with Crippen LogP contribution in [0.25, 0.3) is 34.1 Å². The summed E-state index contributed by atoms with van der Waals surface area (Å²) < 4.78 is 7.97. The molecule has 4 N–H and O–H groups in total. The number of fused-ring (bicyclic) bond motifs is 5. The molecule has 0 bridgehead atoms. The minimum absolute atomic E-state index is 0.00743. The Labute approximate surface area is 225 Å². The number of ether oxygens (including phenoxy) is 1. The molecule has 0 amide bonds. The number of hydrogen-bond acceptors (Lipinski definition) is 8. The average molecular weight is 536 g/mol. The smallest absolute Gasteiger partial charge is 0.327 e. The van der Waals surface area contributed by atoms with Crippen LogP contribution in [0.4, 0.5) is 0 Å². The summed E-state index contributed by atoms with van der Waals surface area (Å²) in [7, 11) is 0. The lowest BCUT2D eigenvalue weighted by Crippen LogP contribution is -2.36. The molecular weight excluding hydrogens is 514 g/mol. The molecule has 0 spiro atoms. The van der Waals surface area contributed by atoms with E-state index in [1.54, 1.807) is 24.6 Å². The van der Waals surface area contributed by atoms with Gasteiger partial charge >= 0.3 is 5.69 Å². The molecule has 2 aliphatic rings. The number of phenols is 2. The quantitative estimate of drug-likeness (QED) is 0.267. The van der Waals surface area contributed by atoms with Crippen LogP contribution in [0.2, 0.25) is 0 Å². The summed E-state index contributed by atoms with van der Waals surface area (Å²) in [4.78, 5) is 47.4. The summed E-state index contributed by atoms with van der Waals surface area (Å²) in [6.45, 7) is 4.94. The van der Waals surface area contributed by atoms with Crippen LogP contribution in [-0.2, 0) is 5.41 Å². The third kappa shape index (κ3) is 2.91. The van der Waals surface area contributed by atoms with Gasteiger partial charge in [0.15, 0.2) is 5.78 Å². The van der Waals surface area contributed by atoms with Crippen molar-refractivity contribution >= 4 is 22.9 Å². The lowest BCUT2D eigenvalue weighted by Gasteiger charge is -2.27. The number of nitrogens with one attached hydrogen (secondary N) is 2. The van der Waals surface area contributed by atoms with Crippen LogP contribution in [0.15, 0.2) is 57.8 Å². The van der Waals surface area contributed by atoms with Gasteiger partial charge in [-0.2, -0.15) is 5.10 Å². The fourth-order valence-electron chi connectivity index (χ4n) is 5.65. The predicted octanol–water partition coefficient (Wildman–Crippen LogP) is 3.38. The Morgan fingerprint density at radius 2 is 1.70 bits per heavy atom. The van der Waals surface area contributed by atoms with E-state index in [2.05, 4.69) is 20.1 Å². The first kappa shape index (κ1) is 23.7. The second kappa shape index (κ2) is 7.79. The molecule has 0 radical (unpaired) electrons. The third-order valence-electron chi connectivity index (χ3n) is 7.74. The number of rotatable bonds is 2. The number of ketones is 1. The zero-order valence-corrected chi connectivity index (χ0v) is 21.5. The second-order valence-corrected chi connectivity index (χ2v) is 10.1. The summed E-state index contributed by atoms with van der Waals surface area (Å²) in [6.07, 6.45) is 1.73. The Morgan fingerprint density at radius 1 is 0.950 bits per heavy atom. The molecule has 0 unspecified atom stereocenters. The van der Waals surface area contributed by atoms with Gasteiger partial charge in [0.05, 0.1) is 44.8 Å². The number of hydrogen-bond donors (Lipinski definition) is 4. The number of aromatic amines is 2. The highest BCUT2D eigenvalue weighted by atomic mass is 16.5. The number of aromatic hydroxyl groups is 2. The Balaban J connectivity index is 1.49. The molecule has 1 atom stereocenters. The molecule has 40 heavy (non-hydrogen) atoms. The molecule has 0 saturated heterocycles.